The molecule has 7 nitrogen and oxygen atoms in total. The molecule has 1 fully saturated rings. The van der Waals surface area contributed by atoms with Crippen molar-refractivity contribution in [2.45, 2.75) is 32.1 Å². The summed E-state index contributed by atoms with van der Waals surface area (Å²) >= 11 is 0. The largest absolute Gasteiger partial charge is 0.369 e. The van der Waals surface area contributed by atoms with Gasteiger partial charge in [-0.15, -0.1) is 12.4 Å². The smallest absolute Gasteiger partial charge is 0.231 e. The number of amides is 2. The minimum atomic E-state index is -0.334. The quantitative estimate of drug-likeness (QED) is 0.662. The number of hydrogen-bond donors (Lipinski definition) is 2. The van der Waals surface area contributed by atoms with Crippen molar-refractivity contribution in [1.29, 1.82) is 0 Å². The second kappa shape index (κ2) is 10.3. The lowest BCUT2D eigenvalue weighted by molar-refractivity contribution is -0.133. The molecule has 2 amide bonds. The zero-order chi connectivity index (χ0) is 16.7. The predicted octanol–water partition coefficient (Wildman–Crippen LogP) is 0.478. The fourth-order valence-electron chi connectivity index (χ4n) is 3.06. The second-order valence-corrected chi connectivity index (χ2v) is 6.23. The first-order valence-electron chi connectivity index (χ1n) is 8.29. The Bertz CT molecular complexity index is 534. The summed E-state index contributed by atoms with van der Waals surface area (Å²) in [7, 11) is 1.95. The third-order valence-electron chi connectivity index (χ3n) is 4.38. The van der Waals surface area contributed by atoms with E-state index in [0.29, 0.717) is 18.8 Å². The van der Waals surface area contributed by atoms with Gasteiger partial charge in [0, 0.05) is 45.4 Å². The summed E-state index contributed by atoms with van der Waals surface area (Å²) in [5, 5.41) is 3.04. The van der Waals surface area contributed by atoms with Crippen LogP contribution in [0.4, 0.5) is 0 Å². The summed E-state index contributed by atoms with van der Waals surface area (Å²) in [5.74, 6) is 1.33. The zero-order valence-corrected chi connectivity index (χ0v) is 15.1. The van der Waals surface area contributed by atoms with Crippen molar-refractivity contribution in [1.82, 2.24) is 19.8 Å². The van der Waals surface area contributed by atoms with Crippen LogP contribution in [-0.2, 0) is 23.1 Å². The van der Waals surface area contributed by atoms with Crippen LogP contribution in [0.1, 0.15) is 31.5 Å². The van der Waals surface area contributed by atoms with Gasteiger partial charge in [0.15, 0.2) is 0 Å². The average Bonchev–Trinajstić information content (AvgIpc) is 2.94. The molecule has 1 aliphatic heterocycles. The number of nitrogens with two attached hydrogens (primary N) is 1. The van der Waals surface area contributed by atoms with Gasteiger partial charge in [0.05, 0.1) is 6.54 Å². The Kier molecular flexibility index (Phi) is 8.78. The molecule has 0 aromatic carbocycles. The molecule has 24 heavy (non-hydrogen) atoms. The maximum atomic E-state index is 12.4. The molecule has 2 rings (SSSR count). The van der Waals surface area contributed by atoms with Crippen molar-refractivity contribution in [3.05, 3.63) is 18.2 Å². The van der Waals surface area contributed by atoms with Gasteiger partial charge in [0.2, 0.25) is 11.8 Å². The summed E-state index contributed by atoms with van der Waals surface area (Å²) in [4.78, 5) is 29.3. The first-order valence-corrected chi connectivity index (χ1v) is 8.29. The highest BCUT2D eigenvalue weighted by atomic mass is 35.5. The zero-order valence-electron chi connectivity index (χ0n) is 14.2. The number of aromatic nitrogens is 2. The number of nitrogens with zero attached hydrogens (tertiary/aromatic N) is 3. The molecule has 2 heterocycles. The second-order valence-electron chi connectivity index (χ2n) is 6.23. The number of carbonyl (C=O) groups excluding carboxylic acids is 2. The van der Waals surface area contributed by atoms with Gasteiger partial charge in [-0.05, 0) is 31.7 Å². The molecule has 136 valence electrons. The summed E-state index contributed by atoms with van der Waals surface area (Å²) in [6.45, 7) is 2.66. The van der Waals surface area contributed by atoms with Crippen molar-refractivity contribution in [3.8, 4) is 0 Å². The lowest BCUT2D eigenvalue weighted by atomic mass is 9.94. The topological polar surface area (TPSA) is 93.2 Å². The Hall–Kier alpha value is -1.60. The highest BCUT2D eigenvalue weighted by molar-refractivity contribution is 5.85. The summed E-state index contributed by atoms with van der Waals surface area (Å²) in [5.41, 5.74) is 5.10. The molecule has 1 saturated heterocycles. The van der Waals surface area contributed by atoms with Crippen LogP contribution in [0.25, 0.3) is 0 Å². The van der Waals surface area contributed by atoms with Gasteiger partial charge in [0.1, 0.15) is 5.82 Å². The van der Waals surface area contributed by atoms with Crippen LogP contribution >= 0.6 is 12.4 Å². The lowest BCUT2D eigenvalue weighted by Gasteiger charge is -2.33. The minimum Gasteiger partial charge on any atom is -0.369 e. The van der Waals surface area contributed by atoms with Crippen molar-refractivity contribution >= 4 is 24.2 Å². The number of halogens is 1. The van der Waals surface area contributed by atoms with Crippen LogP contribution in [0.15, 0.2) is 12.4 Å². The SMILES string of the molecule is Cl.Cn1ccnc1CCC(=O)N1CCCC(CCNCC(N)=O)C1. The highest BCUT2D eigenvalue weighted by Crippen LogP contribution is 2.20. The molecular weight excluding hydrogens is 330 g/mol. The van der Waals surface area contributed by atoms with Crippen LogP contribution in [0.5, 0.6) is 0 Å². The molecule has 0 spiro atoms. The average molecular weight is 358 g/mol. The minimum absolute atomic E-state index is 0. The van der Waals surface area contributed by atoms with Crippen molar-refractivity contribution in [2.75, 3.05) is 26.2 Å². The lowest BCUT2D eigenvalue weighted by Crippen LogP contribution is -2.41. The number of primary amides is 1. The third kappa shape index (κ3) is 6.49. The summed E-state index contributed by atoms with van der Waals surface area (Å²) in [6.07, 6.45) is 8.01. The van der Waals surface area contributed by atoms with E-state index in [1.165, 1.54) is 0 Å². The molecule has 1 atom stereocenters. The van der Waals surface area contributed by atoms with Crippen LogP contribution in [0.2, 0.25) is 0 Å². The van der Waals surface area contributed by atoms with Crippen molar-refractivity contribution < 1.29 is 9.59 Å². The first-order chi connectivity index (χ1) is 11.1. The highest BCUT2D eigenvalue weighted by Gasteiger charge is 2.23. The fraction of sp³-hybridized carbons (Fsp3) is 0.688. The molecule has 0 saturated carbocycles. The van der Waals surface area contributed by atoms with E-state index in [1.54, 1.807) is 6.20 Å². The van der Waals surface area contributed by atoms with Gasteiger partial charge in [-0.25, -0.2) is 4.98 Å². The molecule has 1 aromatic heterocycles. The van der Waals surface area contributed by atoms with Crippen LogP contribution in [0, 0.1) is 5.92 Å². The van der Waals surface area contributed by atoms with E-state index in [9.17, 15) is 9.59 Å². The van der Waals surface area contributed by atoms with Gasteiger partial charge < -0.3 is 20.5 Å². The number of likely N-dealkylation sites (tertiary alicyclic amines) is 1. The maximum Gasteiger partial charge on any atom is 0.231 e. The van der Waals surface area contributed by atoms with E-state index in [-0.39, 0.29) is 30.8 Å². The molecule has 1 aliphatic rings. The Morgan fingerprint density at radius 2 is 2.25 bits per heavy atom. The van der Waals surface area contributed by atoms with E-state index in [0.717, 1.165) is 44.7 Å². The van der Waals surface area contributed by atoms with Gasteiger partial charge >= 0.3 is 0 Å². The Morgan fingerprint density at radius 3 is 2.92 bits per heavy atom. The number of nitrogens with one attached hydrogen (secondary N) is 1. The molecule has 8 heteroatoms. The number of imidazole rings is 1. The standard InChI is InChI=1S/C16H27N5O2.ClH/c1-20-10-8-19-15(20)4-5-16(23)21-9-2-3-13(12-21)6-7-18-11-14(17)22;/h8,10,13,18H,2-7,9,11-12H2,1H3,(H2,17,22);1H. The van der Waals surface area contributed by atoms with Gasteiger partial charge in [-0.1, -0.05) is 0 Å². The van der Waals surface area contributed by atoms with E-state index >= 15 is 0 Å². The molecule has 0 radical (unpaired) electrons. The number of aryl methyl sites for hydroxylation is 2. The number of hydrogen-bond acceptors (Lipinski definition) is 4. The van der Waals surface area contributed by atoms with E-state index < -0.39 is 0 Å². The van der Waals surface area contributed by atoms with Gasteiger partial charge in [-0.2, -0.15) is 0 Å². The van der Waals surface area contributed by atoms with Gasteiger partial charge in [0.25, 0.3) is 0 Å². The van der Waals surface area contributed by atoms with E-state index in [1.807, 2.05) is 22.7 Å². The maximum absolute atomic E-state index is 12.4. The van der Waals surface area contributed by atoms with Crippen LogP contribution in [0.3, 0.4) is 0 Å². The van der Waals surface area contributed by atoms with Crippen LogP contribution in [-0.4, -0.2) is 52.4 Å². The number of carbonyl (C=O) groups is 2. The van der Waals surface area contributed by atoms with E-state index in [2.05, 4.69) is 10.3 Å². The van der Waals surface area contributed by atoms with Crippen molar-refractivity contribution in [3.63, 3.8) is 0 Å². The van der Waals surface area contributed by atoms with E-state index in [4.69, 9.17) is 5.73 Å². The normalized spacial score (nSPS) is 17.4. The molecule has 3 N–H and O–H groups in total. The summed E-state index contributed by atoms with van der Waals surface area (Å²) < 4.78 is 1.96. The fourth-order valence-corrected chi connectivity index (χ4v) is 3.06. The predicted molar refractivity (Wildman–Crippen MR) is 94.8 cm³/mol. The Labute approximate surface area is 149 Å². The molecule has 1 unspecified atom stereocenters. The van der Waals surface area contributed by atoms with Crippen LogP contribution < -0.4 is 11.1 Å². The Balaban J connectivity index is 0.00000288. The molecular formula is C16H28ClN5O2. The Morgan fingerprint density at radius 1 is 1.46 bits per heavy atom. The molecule has 1 aromatic rings. The number of rotatable bonds is 8. The monoisotopic (exact) mass is 357 g/mol. The third-order valence-corrected chi connectivity index (χ3v) is 4.38. The molecule has 0 aliphatic carbocycles. The van der Waals surface area contributed by atoms with Crippen molar-refractivity contribution in [2.24, 2.45) is 18.7 Å². The first kappa shape index (κ1) is 20.4. The molecule has 0 bridgehead atoms. The van der Waals surface area contributed by atoms with Gasteiger partial charge in [-0.3, -0.25) is 9.59 Å². The number of piperidine rings is 1. The summed E-state index contributed by atoms with van der Waals surface area (Å²) in [6, 6.07) is 0.